The summed E-state index contributed by atoms with van der Waals surface area (Å²) < 4.78 is 37.6. The molecule has 1 rings (SSSR count). The predicted octanol–water partition coefficient (Wildman–Crippen LogP) is 3.02. The number of hydrogen-bond donors (Lipinski definition) is 0. The molecule has 0 unspecified atom stereocenters. The maximum absolute atomic E-state index is 12.9. The molecule has 0 aromatic heterocycles. The van der Waals surface area contributed by atoms with Crippen LogP contribution in [0.2, 0.25) is 0 Å². The Morgan fingerprint density at radius 3 is 2.09 bits per heavy atom. The van der Waals surface area contributed by atoms with Gasteiger partial charge in [0.1, 0.15) is 0 Å². The fourth-order valence-electron chi connectivity index (χ4n) is 2.63. The predicted molar refractivity (Wildman–Crippen MR) is 77.9 cm³/mol. The van der Waals surface area contributed by atoms with Gasteiger partial charge in [-0.3, -0.25) is 4.79 Å². The van der Waals surface area contributed by atoms with E-state index in [1.807, 2.05) is 20.8 Å². The highest BCUT2D eigenvalue weighted by molar-refractivity contribution is 5.89. The quantitative estimate of drug-likeness (QED) is 0.795. The zero-order valence-electron chi connectivity index (χ0n) is 14.1. The Morgan fingerprint density at radius 2 is 1.74 bits per heavy atom. The normalized spacial score (nSPS) is 19.1. The standard InChI is InChI=1S/C15H23F3N2O3/c1-7-14(8-2)11(21)19(13(4,5)6)9-10(3)20(14)23-12(22)15(16,17)18/h3,7-9H2,1-2,4-6H3. The molecule has 23 heavy (non-hydrogen) atoms. The van der Waals surface area contributed by atoms with Crippen molar-refractivity contribution in [2.24, 2.45) is 0 Å². The van der Waals surface area contributed by atoms with Crippen molar-refractivity contribution < 1.29 is 27.6 Å². The van der Waals surface area contributed by atoms with Crippen LogP contribution in [0.25, 0.3) is 0 Å². The Labute approximate surface area is 134 Å². The molecule has 1 saturated heterocycles. The first-order valence-corrected chi connectivity index (χ1v) is 7.40. The number of amides is 1. The van der Waals surface area contributed by atoms with Gasteiger partial charge in [-0.05, 0) is 33.6 Å². The third-order valence-electron chi connectivity index (χ3n) is 4.05. The highest BCUT2D eigenvalue weighted by Gasteiger charge is 2.54. The lowest BCUT2D eigenvalue weighted by Gasteiger charge is -2.52. The molecule has 0 saturated carbocycles. The van der Waals surface area contributed by atoms with Crippen molar-refractivity contribution in [2.75, 3.05) is 6.54 Å². The van der Waals surface area contributed by atoms with Gasteiger partial charge in [0.25, 0.3) is 5.91 Å². The first-order chi connectivity index (χ1) is 10.3. The average Bonchev–Trinajstić information content (AvgIpc) is 2.41. The number of rotatable bonds is 3. The van der Waals surface area contributed by atoms with Crippen LogP contribution in [0.5, 0.6) is 0 Å². The first-order valence-electron chi connectivity index (χ1n) is 7.40. The molecule has 0 atom stereocenters. The number of carbonyl (C=O) groups is 2. The summed E-state index contributed by atoms with van der Waals surface area (Å²) in [5.41, 5.74) is -1.78. The molecule has 0 radical (unpaired) electrons. The molecule has 0 aliphatic carbocycles. The molecule has 5 nitrogen and oxygen atoms in total. The third kappa shape index (κ3) is 3.45. The summed E-state index contributed by atoms with van der Waals surface area (Å²) in [7, 11) is 0. The second-order valence-corrected chi connectivity index (χ2v) is 6.54. The number of piperazine rings is 1. The van der Waals surface area contributed by atoms with Crippen LogP contribution in [0.1, 0.15) is 47.5 Å². The SMILES string of the molecule is C=C1CN(C(C)(C)C)C(=O)C(CC)(CC)N1OC(=O)C(F)(F)F. The lowest BCUT2D eigenvalue weighted by molar-refractivity contribution is -0.256. The lowest BCUT2D eigenvalue weighted by atomic mass is 9.85. The molecular formula is C15H23F3N2O3. The Balaban J connectivity index is 3.28. The Kier molecular flexibility index (Phi) is 5.08. The van der Waals surface area contributed by atoms with Crippen molar-refractivity contribution in [1.29, 1.82) is 0 Å². The van der Waals surface area contributed by atoms with Gasteiger partial charge in [0, 0.05) is 5.54 Å². The highest BCUT2D eigenvalue weighted by atomic mass is 19.4. The van der Waals surface area contributed by atoms with Crippen LogP contribution in [-0.4, -0.2) is 45.6 Å². The van der Waals surface area contributed by atoms with E-state index in [-0.39, 0.29) is 31.0 Å². The third-order valence-corrected chi connectivity index (χ3v) is 4.05. The number of hydroxylamine groups is 2. The van der Waals surface area contributed by atoms with Gasteiger partial charge in [-0.1, -0.05) is 20.4 Å². The van der Waals surface area contributed by atoms with Crippen LogP contribution in [0.4, 0.5) is 13.2 Å². The molecule has 0 aromatic carbocycles. The molecular weight excluding hydrogens is 313 g/mol. The second-order valence-electron chi connectivity index (χ2n) is 6.54. The van der Waals surface area contributed by atoms with Crippen LogP contribution in [0, 0.1) is 0 Å². The van der Waals surface area contributed by atoms with E-state index in [0.29, 0.717) is 0 Å². The highest BCUT2D eigenvalue weighted by Crippen LogP contribution is 2.38. The van der Waals surface area contributed by atoms with Gasteiger partial charge in [0.05, 0.1) is 12.2 Å². The van der Waals surface area contributed by atoms with E-state index in [2.05, 4.69) is 11.4 Å². The largest absolute Gasteiger partial charge is 0.493 e. The minimum Gasteiger partial charge on any atom is -0.332 e. The number of alkyl halides is 3. The summed E-state index contributed by atoms with van der Waals surface area (Å²) in [6.45, 7) is 12.5. The molecule has 0 N–H and O–H groups in total. The van der Waals surface area contributed by atoms with E-state index in [1.165, 1.54) is 0 Å². The van der Waals surface area contributed by atoms with E-state index < -0.39 is 23.2 Å². The van der Waals surface area contributed by atoms with Crippen molar-refractivity contribution in [2.45, 2.75) is 64.7 Å². The van der Waals surface area contributed by atoms with Gasteiger partial charge in [0.2, 0.25) is 0 Å². The van der Waals surface area contributed by atoms with Crippen molar-refractivity contribution in [3.63, 3.8) is 0 Å². The summed E-state index contributed by atoms with van der Waals surface area (Å²) in [5.74, 6) is -2.74. The molecule has 1 heterocycles. The lowest BCUT2D eigenvalue weighted by Crippen LogP contribution is -2.67. The van der Waals surface area contributed by atoms with Gasteiger partial charge in [0.15, 0.2) is 5.54 Å². The van der Waals surface area contributed by atoms with Crippen molar-refractivity contribution in [1.82, 2.24) is 9.96 Å². The van der Waals surface area contributed by atoms with Gasteiger partial charge < -0.3 is 9.74 Å². The fourth-order valence-corrected chi connectivity index (χ4v) is 2.63. The Morgan fingerprint density at radius 1 is 1.26 bits per heavy atom. The number of hydrogen-bond acceptors (Lipinski definition) is 4. The topological polar surface area (TPSA) is 49.9 Å². The smallest absolute Gasteiger partial charge is 0.332 e. The maximum Gasteiger partial charge on any atom is 0.493 e. The van der Waals surface area contributed by atoms with Crippen LogP contribution in [0.15, 0.2) is 12.3 Å². The number of nitrogens with zero attached hydrogens (tertiary/aromatic N) is 2. The monoisotopic (exact) mass is 336 g/mol. The van der Waals surface area contributed by atoms with E-state index in [0.717, 1.165) is 5.06 Å². The van der Waals surface area contributed by atoms with Crippen LogP contribution < -0.4 is 0 Å². The molecule has 0 aromatic rings. The van der Waals surface area contributed by atoms with E-state index in [1.54, 1.807) is 18.7 Å². The summed E-state index contributed by atoms with van der Waals surface area (Å²) in [6, 6.07) is 0. The van der Waals surface area contributed by atoms with E-state index in [9.17, 15) is 22.8 Å². The molecule has 132 valence electrons. The minimum absolute atomic E-state index is 0.00474. The molecule has 1 aliphatic heterocycles. The van der Waals surface area contributed by atoms with Crippen molar-refractivity contribution in [3.8, 4) is 0 Å². The summed E-state index contributed by atoms with van der Waals surface area (Å²) in [4.78, 5) is 30.2. The molecule has 1 amide bonds. The molecule has 8 heteroatoms. The molecule has 1 aliphatic rings. The van der Waals surface area contributed by atoms with Gasteiger partial charge in [-0.25, -0.2) is 4.79 Å². The maximum atomic E-state index is 12.9. The summed E-state index contributed by atoms with van der Waals surface area (Å²) >= 11 is 0. The van der Waals surface area contributed by atoms with E-state index in [4.69, 9.17) is 0 Å². The zero-order chi connectivity index (χ0) is 18.2. The molecule has 0 bridgehead atoms. The van der Waals surface area contributed by atoms with Crippen molar-refractivity contribution in [3.05, 3.63) is 12.3 Å². The van der Waals surface area contributed by atoms with Crippen LogP contribution in [-0.2, 0) is 14.4 Å². The van der Waals surface area contributed by atoms with Crippen LogP contribution in [0.3, 0.4) is 0 Å². The van der Waals surface area contributed by atoms with Gasteiger partial charge >= 0.3 is 12.1 Å². The summed E-state index contributed by atoms with van der Waals surface area (Å²) in [5, 5.41) is 0.757. The molecule has 0 spiro atoms. The number of halogens is 3. The first kappa shape index (κ1) is 19.3. The number of carbonyl (C=O) groups excluding carboxylic acids is 2. The Hall–Kier alpha value is -1.73. The Bertz CT molecular complexity index is 505. The van der Waals surface area contributed by atoms with E-state index >= 15 is 0 Å². The van der Waals surface area contributed by atoms with Gasteiger partial charge in [-0.2, -0.15) is 18.2 Å². The zero-order valence-corrected chi connectivity index (χ0v) is 14.1. The fraction of sp³-hybridized carbons (Fsp3) is 0.733. The average molecular weight is 336 g/mol. The minimum atomic E-state index is -5.14. The second kappa shape index (κ2) is 6.05. The van der Waals surface area contributed by atoms with Crippen LogP contribution >= 0.6 is 0 Å². The molecule has 1 fully saturated rings. The van der Waals surface area contributed by atoms with Gasteiger partial charge in [-0.15, -0.1) is 0 Å². The van der Waals surface area contributed by atoms with Crippen molar-refractivity contribution >= 4 is 11.9 Å². The summed E-state index contributed by atoms with van der Waals surface area (Å²) in [6.07, 6.45) is -4.78.